The zero-order chi connectivity index (χ0) is 33.0. The van der Waals surface area contributed by atoms with Gasteiger partial charge in [-0.2, -0.15) is 0 Å². The van der Waals surface area contributed by atoms with E-state index in [0.717, 1.165) is 82.8 Å². The van der Waals surface area contributed by atoms with Crippen molar-refractivity contribution in [1.82, 2.24) is 15.0 Å². The number of para-hydroxylation sites is 2. The summed E-state index contributed by atoms with van der Waals surface area (Å²) >= 11 is 0. The van der Waals surface area contributed by atoms with Gasteiger partial charge in [-0.15, -0.1) is 0 Å². The monoisotopic (exact) mass is 641 g/mol. The first kappa shape index (κ1) is 28.2. The van der Waals surface area contributed by atoms with Crippen LogP contribution in [0.3, 0.4) is 0 Å². The van der Waals surface area contributed by atoms with E-state index < -0.39 is 0 Å². The summed E-state index contributed by atoms with van der Waals surface area (Å²) in [5.74, 6) is 1.75. The largest absolute Gasteiger partial charge is 0.456 e. The lowest BCUT2D eigenvalue weighted by Gasteiger charge is -2.14. The Bertz CT molecular complexity index is 2680. The van der Waals surface area contributed by atoms with Gasteiger partial charge in [0.25, 0.3) is 0 Å². The van der Waals surface area contributed by atoms with Crippen molar-refractivity contribution in [1.29, 1.82) is 0 Å². The van der Waals surface area contributed by atoms with Crippen LogP contribution in [0.25, 0.3) is 100 Å². The van der Waals surface area contributed by atoms with E-state index in [1.165, 1.54) is 0 Å². The maximum Gasteiger partial charge on any atom is 0.164 e. The summed E-state index contributed by atoms with van der Waals surface area (Å²) < 4.78 is 12.7. The minimum Gasteiger partial charge on any atom is -0.456 e. The number of hydrogen-bond acceptors (Lipinski definition) is 5. The first-order chi connectivity index (χ1) is 24.8. The number of rotatable bonds is 5. The SMILES string of the molecule is c1ccc(-c2nc(-c3cc4c(cc3-c3ccccc3)oc3ccccc34)nc(-c3cc4c(cc3-c3ccccc3)oc3ccccc34)n2)cc1. The molecule has 0 aliphatic heterocycles. The second kappa shape index (κ2) is 11.4. The van der Waals surface area contributed by atoms with Crippen LogP contribution in [0.1, 0.15) is 0 Å². The van der Waals surface area contributed by atoms with Crippen LogP contribution in [0.4, 0.5) is 0 Å². The molecule has 50 heavy (non-hydrogen) atoms. The Morgan fingerprint density at radius 3 is 1.12 bits per heavy atom. The number of aromatic nitrogens is 3. The van der Waals surface area contributed by atoms with Gasteiger partial charge in [0.1, 0.15) is 22.3 Å². The Morgan fingerprint density at radius 1 is 0.280 bits per heavy atom. The highest BCUT2D eigenvalue weighted by Crippen LogP contribution is 2.42. The summed E-state index contributed by atoms with van der Waals surface area (Å²) in [5.41, 5.74) is 10.1. The molecule has 5 heteroatoms. The van der Waals surface area contributed by atoms with Crippen LogP contribution in [0.5, 0.6) is 0 Å². The molecule has 0 radical (unpaired) electrons. The molecule has 0 saturated carbocycles. The standard InChI is InChI=1S/C45H27N3O2/c1-4-14-28(15-5-1)33-26-41-35(31-20-10-12-22-39(31)49-41)24-37(33)44-46-43(30-18-8-3-9-19-30)47-45(48-44)38-25-36-32-21-11-13-23-40(32)50-42(36)27-34(38)29-16-6-2-7-17-29/h1-27H. The second-order valence-corrected chi connectivity index (χ2v) is 12.4. The highest BCUT2D eigenvalue weighted by atomic mass is 16.3. The second-order valence-electron chi connectivity index (χ2n) is 12.4. The minimum atomic E-state index is 0.580. The highest BCUT2D eigenvalue weighted by Gasteiger charge is 2.22. The summed E-state index contributed by atoms with van der Waals surface area (Å²) in [6.07, 6.45) is 0. The van der Waals surface area contributed by atoms with E-state index in [1.807, 2.05) is 103 Å². The molecule has 0 bridgehead atoms. The van der Waals surface area contributed by atoms with Gasteiger partial charge in [0, 0.05) is 38.2 Å². The summed E-state index contributed by atoms with van der Waals surface area (Å²) in [6.45, 7) is 0. The quantitative estimate of drug-likeness (QED) is 0.187. The Morgan fingerprint density at radius 2 is 0.660 bits per heavy atom. The van der Waals surface area contributed by atoms with Crippen molar-refractivity contribution in [2.75, 3.05) is 0 Å². The van der Waals surface area contributed by atoms with Crippen LogP contribution in [0, 0.1) is 0 Å². The predicted octanol–water partition coefficient (Wildman–Crippen LogP) is 12.0. The van der Waals surface area contributed by atoms with Crippen LogP contribution >= 0.6 is 0 Å². The van der Waals surface area contributed by atoms with Gasteiger partial charge in [0.05, 0.1) is 0 Å². The molecule has 0 aliphatic rings. The molecule has 0 N–H and O–H groups in total. The highest BCUT2D eigenvalue weighted by molar-refractivity contribution is 6.10. The molecule has 0 aliphatic carbocycles. The van der Waals surface area contributed by atoms with Crippen LogP contribution in [-0.2, 0) is 0 Å². The minimum absolute atomic E-state index is 0.580. The average molecular weight is 642 g/mol. The van der Waals surface area contributed by atoms with Crippen molar-refractivity contribution in [3.05, 3.63) is 164 Å². The molecule has 3 aromatic heterocycles. The maximum absolute atomic E-state index is 6.36. The zero-order valence-corrected chi connectivity index (χ0v) is 26.7. The molecular formula is C45H27N3O2. The number of furan rings is 2. The first-order valence-electron chi connectivity index (χ1n) is 16.6. The van der Waals surface area contributed by atoms with Gasteiger partial charge in [0.15, 0.2) is 17.5 Å². The molecule has 3 heterocycles. The van der Waals surface area contributed by atoms with Gasteiger partial charge in [-0.05, 0) is 58.7 Å². The Labute approximate surface area is 287 Å². The van der Waals surface area contributed by atoms with Crippen LogP contribution in [-0.4, -0.2) is 15.0 Å². The summed E-state index contributed by atoms with van der Waals surface area (Å²) in [4.78, 5) is 15.7. The van der Waals surface area contributed by atoms with Crippen LogP contribution in [0.2, 0.25) is 0 Å². The molecule has 7 aromatic carbocycles. The lowest BCUT2D eigenvalue weighted by atomic mass is 9.95. The molecule has 10 aromatic rings. The lowest BCUT2D eigenvalue weighted by Crippen LogP contribution is -2.02. The van der Waals surface area contributed by atoms with E-state index in [-0.39, 0.29) is 0 Å². The van der Waals surface area contributed by atoms with Gasteiger partial charge >= 0.3 is 0 Å². The first-order valence-corrected chi connectivity index (χ1v) is 16.6. The smallest absolute Gasteiger partial charge is 0.164 e. The number of nitrogens with zero attached hydrogens (tertiary/aromatic N) is 3. The topological polar surface area (TPSA) is 65.0 Å². The molecule has 0 atom stereocenters. The fourth-order valence-electron chi connectivity index (χ4n) is 6.96. The molecular weight excluding hydrogens is 615 g/mol. The molecule has 0 saturated heterocycles. The van der Waals surface area contributed by atoms with Gasteiger partial charge in [-0.1, -0.05) is 127 Å². The Balaban J connectivity index is 1.30. The maximum atomic E-state index is 6.36. The third kappa shape index (κ3) is 4.67. The van der Waals surface area contributed by atoms with Gasteiger partial charge in [-0.25, -0.2) is 15.0 Å². The Hall–Kier alpha value is -6.85. The van der Waals surface area contributed by atoms with E-state index in [0.29, 0.717) is 17.5 Å². The van der Waals surface area contributed by atoms with E-state index in [4.69, 9.17) is 23.8 Å². The van der Waals surface area contributed by atoms with E-state index in [2.05, 4.69) is 60.7 Å². The van der Waals surface area contributed by atoms with Crippen LogP contribution in [0.15, 0.2) is 173 Å². The molecule has 0 spiro atoms. The van der Waals surface area contributed by atoms with Crippen molar-refractivity contribution < 1.29 is 8.83 Å². The fraction of sp³-hybridized carbons (Fsp3) is 0. The van der Waals surface area contributed by atoms with Gasteiger partial charge in [0.2, 0.25) is 0 Å². The van der Waals surface area contributed by atoms with Gasteiger partial charge < -0.3 is 8.83 Å². The summed E-state index contributed by atoms with van der Waals surface area (Å²) in [5, 5.41) is 4.11. The summed E-state index contributed by atoms with van der Waals surface area (Å²) in [7, 11) is 0. The Kier molecular flexibility index (Phi) is 6.42. The molecule has 0 fully saturated rings. The number of hydrogen-bond donors (Lipinski definition) is 0. The number of fused-ring (bicyclic) bond motifs is 6. The normalized spacial score (nSPS) is 11.6. The van der Waals surface area contributed by atoms with Crippen molar-refractivity contribution in [3.8, 4) is 56.4 Å². The fourth-order valence-corrected chi connectivity index (χ4v) is 6.96. The molecule has 0 unspecified atom stereocenters. The van der Waals surface area contributed by atoms with Crippen molar-refractivity contribution in [2.24, 2.45) is 0 Å². The van der Waals surface area contributed by atoms with E-state index in [9.17, 15) is 0 Å². The van der Waals surface area contributed by atoms with Crippen molar-refractivity contribution in [3.63, 3.8) is 0 Å². The zero-order valence-electron chi connectivity index (χ0n) is 26.7. The third-order valence-corrected chi connectivity index (χ3v) is 9.35. The van der Waals surface area contributed by atoms with Crippen molar-refractivity contribution >= 4 is 43.9 Å². The average Bonchev–Trinajstić information content (AvgIpc) is 3.75. The molecule has 234 valence electrons. The van der Waals surface area contributed by atoms with E-state index in [1.54, 1.807) is 0 Å². The number of benzene rings is 7. The summed E-state index contributed by atoms with van der Waals surface area (Å²) in [6, 6.07) is 55.6. The third-order valence-electron chi connectivity index (χ3n) is 9.35. The van der Waals surface area contributed by atoms with Crippen LogP contribution < -0.4 is 0 Å². The van der Waals surface area contributed by atoms with Gasteiger partial charge in [-0.3, -0.25) is 0 Å². The molecule has 0 amide bonds. The van der Waals surface area contributed by atoms with Crippen molar-refractivity contribution in [2.45, 2.75) is 0 Å². The molecule has 10 rings (SSSR count). The predicted molar refractivity (Wildman–Crippen MR) is 202 cm³/mol. The molecule has 5 nitrogen and oxygen atoms in total. The lowest BCUT2D eigenvalue weighted by molar-refractivity contribution is 0.668. The van der Waals surface area contributed by atoms with E-state index >= 15 is 0 Å².